The highest BCUT2D eigenvalue weighted by molar-refractivity contribution is 8.03. The summed E-state index contributed by atoms with van der Waals surface area (Å²) in [4.78, 5) is 17.2. The molecule has 13 heteroatoms. The molecular formula is C20H19N4O7S2+. The van der Waals surface area contributed by atoms with Gasteiger partial charge < -0.3 is 19.2 Å². The molecule has 2 N–H and O–H groups in total. The number of anilines is 1. The van der Waals surface area contributed by atoms with Crippen LogP contribution in [0.2, 0.25) is 0 Å². The van der Waals surface area contributed by atoms with E-state index in [-0.39, 0.29) is 18.1 Å². The van der Waals surface area contributed by atoms with Gasteiger partial charge in [0.15, 0.2) is 0 Å². The van der Waals surface area contributed by atoms with Gasteiger partial charge in [0, 0.05) is 17.0 Å². The minimum atomic E-state index is -4.44. The lowest BCUT2D eigenvalue weighted by Gasteiger charge is -2.18. The first-order valence-corrected chi connectivity index (χ1v) is 12.0. The number of aryl methyl sites for hydroxylation is 1. The van der Waals surface area contributed by atoms with Crippen LogP contribution in [0.25, 0.3) is 22.2 Å². The Morgan fingerprint density at radius 3 is 2.76 bits per heavy atom. The summed E-state index contributed by atoms with van der Waals surface area (Å²) in [6.07, 6.45) is 1.64. The number of carboxylic acids is 1. The van der Waals surface area contributed by atoms with Crippen LogP contribution in [0.5, 0.6) is 5.75 Å². The molecule has 1 aliphatic heterocycles. The van der Waals surface area contributed by atoms with Gasteiger partial charge in [0.2, 0.25) is 11.4 Å². The van der Waals surface area contributed by atoms with Crippen molar-refractivity contribution >= 4 is 56.7 Å². The molecule has 0 atom stereocenters. The van der Waals surface area contributed by atoms with Crippen molar-refractivity contribution in [3.05, 3.63) is 46.5 Å². The largest absolute Gasteiger partial charge is 0.497 e. The second-order valence-corrected chi connectivity index (χ2v) is 9.51. The van der Waals surface area contributed by atoms with Gasteiger partial charge in [0.25, 0.3) is 5.82 Å². The molecule has 4 rings (SSSR count). The number of fused-ring (bicyclic) bond motifs is 2. The number of hydrogen-bond acceptors (Lipinski definition) is 7. The average molecular weight is 492 g/mol. The van der Waals surface area contributed by atoms with E-state index < -0.39 is 22.0 Å². The van der Waals surface area contributed by atoms with Crippen LogP contribution in [0, 0.1) is 6.57 Å². The third-order valence-corrected chi connectivity index (χ3v) is 6.67. The highest BCUT2D eigenvalue weighted by Gasteiger charge is 2.33. The molecule has 3 heterocycles. The first-order chi connectivity index (χ1) is 15.6. The second kappa shape index (κ2) is 8.47. The lowest BCUT2D eigenvalue weighted by Crippen LogP contribution is -2.36. The van der Waals surface area contributed by atoms with Crippen molar-refractivity contribution < 1.29 is 36.6 Å². The van der Waals surface area contributed by atoms with Gasteiger partial charge in [-0.1, -0.05) is 11.8 Å². The van der Waals surface area contributed by atoms with E-state index in [0.29, 0.717) is 34.4 Å². The number of thioether (sulfide) groups is 1. The zero-order chi connectivity index (χ0) is 23.9. The van der Waals surface area contributed by atoms with Crippen LogP contribution in [-0.2, 0) is 27.3 Å². The molecule has 0 aliphatic carbocycles. The van der Waals surface area contributed by atoms with Crippen molar-refractivity contribution in [2.45, 2.75) is 24.2 Å². The summed E-state index contributed by atoms with van der Waals surface area (Å²) in [7, 11) is -2.93. The third kappa shape index (κ3) is 4.28. The fraction of sp³-hybridized carbons (Fsp3) is 0.250. The average Bonchev–Trinajstić information content (AvgIpc) is 3.39. The fourth-order valence-electron chi connectivity index (χ4n) is 3.66. The van der Waals surface area contributed by atoms with Crippen LogP contribution >= 0.6 is 11.8 Å². The van der Waals surface area contributed by atoms with Crippen molar-refractivity contribution in [1.82, 2.24) is 4.57 Å². The molecular weight excluding hydrogens is 472 g/mol. The molecule has 0 unspecified atom stereocenters. The van der Waals surface area contributed by atoms with Gasteiger partial charge in [-0.15, -0.1) is 0 Å². The predicted octanol–water partition coefficient (Wildman–Crippen LogP) is 2.94. The number of carbonyl (C=O) groups is 1. The number of aromatic nitrogens is 2. The zero-order valence-corrected chi connectivity index (χ0v) is 19.2. The van der Waals surface area contributed by atoms with Crippen LogP contribution in [0.15, 0.2) is 38.6 Å². The Morgan fingerprint density at radius 2 is 2.15 bits per heavy atom. The first-order valence-electron chi connectivity index (χ1n) is 9.60. The van der Waals surface area contributed by atoms with E-state index in [4.69, 9.17) is 15.7 Å². The molecule has 0 saturated carbocycles. The number of furan rings is 1. The van der Waals surface area contributed by atoms with Crippen molar-refractivity contribution in [3.63, 3.8) is 0 Å². The van der Waals surface area contributed by atoms with E-state index in [0.717, 1.165) is 4.90 Å². The molecule has 11 nitrogen and oxygen atoms in total. The van der Waals surface area contributed by atoms with Gasteiger partial charge in [0.1, 0.15) is 12.3 Å². The normalized spacial score (nSPS) is 14.6. The van der Waals surface area contributed by atoms with Crippen molar-refractivity contribution in [3.8, 4) is 5.75 Å². The number of carboxylic acid groups (broad SMARTS) is 1. The number of imidazole rings is 1. The number of rotatable bonds is 7. The summed E-state index contributed by atoms with van der Waals surface area (Å²) in [5, 5.41) is 10.0. The number of hydrogen-bond donors (Lipinski definition) is 2. The molecule has 0 radical (unpaired) electrons. The SMILES string of the molecule is [C-]#[N+]c1cc2c(o1)[n+](CC)c(C=C1Sc3ccc(OC)cc3N1CC(=O)O)n2CS(=O)(=O)O. The maximum Gasteiger partial charge on any atom is 0.352 e. The Labute approximate surface area is 193 Å². The molecule has 2 aromatic heterocycles. The number of aliphatic carboxylic acids is 1. The van der Waals surface area contributed by atoms with Gasteiger partial charge in [-0.2, -0.15) is 17.8 Å². The second-order valence-electron chi connectivity index (χ2n) is 7.03. The summed E-state index contributed by atoms with van der Waals surface area (Å²) in [6.45, 7) is 9.03. The van der Waals surface area contributed by atoms with E-state index in [9.17, 15) is 22.9 Å². The zero-order valence-electron chi connectivity index (χ0n) is 17.5. The lowest BCUT2D eigenvalue weighted by atomic mass is 10.2. The lowest BCUT2D eigenvalue weighted by molar-refractivity contribution is -0.676. The third-order valence-electron chi connectivity index (χ3n) is 4.97. The van der Waals surface area contributed by atoms with E-state index in [1.807, 2.05) is 13.0 Å². The van der Waals surface area contributed by atoms with Crippen LogP contribution < -0.4 is 14.2 Å². The van der Waals surface area contributed by atoms with Gasteiger partial charge in [-0.25, -0.2) is 4.57 Å². The summed E-state index contributed by atoms with van der Waals surface area (Å²) in [6, 6.07) is 6.71. The van der Waals surface area contributed by atoms with Gasteiger partial charge in [-0.3, -0.25) is 9.35 Å². The maximum atomic E-state index is 11.8. The van der Waals surface area contributed by atoms with E-state index in [1.165, 1.54) is 29.5 Å². The minimum Gasteiger partial charge on any atom is -0.497 e. The molecule has 0 fully saturated rings. The molecule has 33 heavy (non-hydrogen) atoms. The molecule has 3 aromatic rings. The van der Waals surface area contributed by atoms with Crippen LogP contribution in [0.4, 0.5) is 11.6 Å². The van der Waals surface area contributed by atoms with Crippen LogP contribution in [-0.4, -0.2) is 42.3 Å². The standard InChI is InChI=1S/C20H18N4O7S2/c1-4-22-17(24(11-33(27,28)29)14-8-16(21-2)31-20(14)22)9-18-23(10-19(25)26)13-7-12(30-3)5-6-15(13)32-18/h5-9H,4,10-11H2,1,3H3,(H-,25,26,27,28,29)/p+1. The molecule has 0 amide bonds. The summed E-state index contributed by atoms with van der Waals surface area (Å²) in [5.74, 6) is -0.916. The van der Waals surface area contributed by atoms with E-state index in [1.54, 1.807) is 27.7 Å². The molecule has 0 saturated heterocycles. The summed E-state index contributed by atoms with van der Waals surface area (Å²) >= 11 is 1.32. The number of nitrogens with zero attached hydrogens (tertiary/aromatic N) is 4. The van der Waals surface area contributed by atoms with Crippen LogP contribution in [0.1, 0.15) is 12.7 Å². The Morgan fingerprint density at radius 1 is 1.39 bits per heavy atom. The number of methoxy groups -OCH3 is 1. The Kier molecular flexibility index (Phi) is 5.83. The quantitative estimate of drug-likeness (QED) is 0.291. The smallest absolute Gasteiger partial charge is 0.352 e. The molecule has 172 valence electrons. The van der Waals surface area contributed by atoms with Gasteiger partial charge in [0.05, 0.1) is 37.0 Å². The minimum absolute atomic E-state index is 0.0206. The summed E-state index contributed by atoms with van der Waals surface area (Å²) < 4.78 is 46.9. The van der Waals surface area contributed by atoms with E-state index in [2.05, 4.69) is 4.85 Å². The maximum absolute atomic E-state index is 11.8. The highest BCUT2D eigenvalue weighted by Crippen LogP contribution is 2.48. The van der Waals surface area contributed by atoms with Crippen molar-refractivity contribution in [2.24, 2.45) is 0 Å². The predicted molar refractivity (Wildman–Crippen MR) is 120 cm³/mol. The van der Waals surface area contributed by atoms with Crippen LogP contribution in [0.3, 0.4) is 0 Å². The monoisotopic (exact) mass is 491 g/mol. The molecule has 1 aliphatic rings. The first kappa shape index (κ1) is 22.7. The fourth-order valence-corrected chi connectivity index (χ4v) is 5.33. The number of ether oxygens (including phenoxy) is 1. The highest BCUT2D eigenvalue weighted by atomic mass is 32.2. The Hall–Kier alpha value is -3.47. The molecule has 1 aromatic carbocycles. The number of benzene rings is 1. The topological polar surface area (TPSA) is 130 Å². The van der Waals surface area contributed by atoms with E-state index >= 15 is 0 Å². The van der Waals surface area contributed by atoms with Crippen molar-refractivity contribution in [1.29, 1.82) is 0 Å². The Bertz CT molecular complexity index is 1450. The summed E-state index contributed by atoms with van der Waals surface area (Å²) in [5.41, 5.74) is 1.23. The van der Waals surface area contributed by atoms with Gasteiger partial charge >= 0.3 is 27.7 Å². The van der Waals surface area contributed by atoms with Gasteiger partial charge in [-0.05, 0) is 19.1 Å². The Balaban J connectivity index is 1.93. The molecule has 0 bridgehead atoms. The van der Waals surface area contributed by atoms with Crippen molar-refractivity contribution in [2.75, 3.05) is 18.6 Å². The molecule has 0 spiro atoms.